The molecule has 5 heterocycles. The van der Waals surface area contributed by atoms with Crippen molar-refractivity contribution in [2.75, 3.05) is 13.2 Å². The number of pyridine rings is 2. The largest absolute Gasteiger partial charge is 0.493 e. The maximum Gasteiger partial charge on any atom is 0.169 e. The lowest BCUT2D eigenvalue weighted by Crippen LogP contribution is -2.13. The van der Waals surface area contributed by atoms with Gasteiger partial charge in [0.05, 0.1) is 24.8 Å². The van der Waals surface area contributed by atoms with Gasteiger partial charge in [-0.3, -0.25) is 9.38 Å². The summed E-state index contributed by atoms with van der Waals surface area (Å²) in [5.74, 6) is 1.36. The van der Waals surface area contributed by atoms with E-state index in [0.717, 1.165) is 56.5 Å². The second-order valence-electron chi connectivity index (χ2n) is 8.24. The molecule has 0 N–H and O–H groups in total. The Kier molecular flexibility index (Phi) is 4.00. The zero-order valence-corrected chi connectivity index (χ0v) is 17.4. The van der Waals surface area contributed by atoms with Crippen LogP contribution in [0.1, 0.15) is 34.1 Å². The molecule has 156 valence electrons. The molecule has 0 amide bonds. The van der Waals surface area contributed by atoms with Gasteiger partial charge in [-0.1, -0.05) is 6.07 Å². The average molecular weight is 416 g/mol. The number of halogens is 1. The number of hydrogen-bond acceptors (Lipinski definition) is 5. The highest BCUT2D eigenvalue weighted by Gasteiger charge is 2.31. The number of rotatable bonds is 1. The first-order chi connectivity index (χ1) is 15.1. The average Bonchev–Trinajstić information content (AvgIpc) is 3.40. The summed E-state index contributed by atoms with van der Waals surface area (Å²) in [4.78, 5) is 4.61. The van der Waals surface area contributed by atoms with Gasteiger partial charge in [0.15, 0.2) is 5.65 Å². The molecular formula is C24H21FN4O2. The van der Waals surface area contributed by atoms with E-state index in [2.05, 4.69) is 21.2 Å². The number of fused-ring (bicyclic) bond motifs is 3. The van der Waals surface area contributed by atoms with Crippen molar-refractivity contribution in [1.82, 2.24) is 19.6 Å². The fourth-order valence-electron chi connectivity index (χ4n) is 4.83. The second kappa shape index (κ2) is 6.77. The Morgan fingerprint density at radius 2 is 1.84 bits per heavy atom. The first kappa shape index (κ1) is 18.3. The third kappa shape index (κ3) is 2.80. The molecule has 0 bridgehead atoms. The maximum atomic E-state index is 14.8. The van der Waals surface area contributed by atoms with Crippen LogP contribution in [-0.4, -0.2) is 32.8 Å². The lowest BCUT2D eigenvalue weighted by atomic mass is 9.93. The lowest BCUT2D eigenvalue weighted by molar-refractivity contribution is 0.246. The van der Waals surface area contributed by atoms with Gasteiger partial charge in [0.2, 0.25) is 0 Å². The van der Waals surface area contributed by atoms with Crippen molar-refractivity contribution in [3.05, 3.63) is 70.7 Å². The molecule has 0 fully saturated rings. The fourth-order valence-corrected chi connectivity index (χ4v) is 4.83. The molecule has 6 rings (SSSR count). The van der Waals surface area contributed by atoms with E-state index < -0.39 is 0 Å². The molecule has 0 radical (unpaired) electrons. The van der Waals surface area contributed by atoms with Crippen molar-refractivity contribution in [2.24, 2.45) is 0 Å². The van der Waals surface area contributed by atoms with E-state index in [-0.39, 0.29) is 11.7 Å². The van der Waals surface area contributed by atoms with E-state index in [1.165, 1.54) is 6.07 Å². The van der Waals surface area contributed by atoms with E-state index in [0.29, 0.717) is 26.1 Å². The highest BCUT2D eigenvalue weighted by atomic mass is 19.1. The second-order valence-corrected chi connectivity index (χ2v) is 8.24. The number of ether oxygens (including phenoxy) is 2. The van der Waals surface area contributed by atoms with Crippen LogP contribution in [0.5, 0.6) is 11.5 Å². The molecule has 1 aromatic carbocycles. The zero-order valence-electron chi connectivity index (χ0n) is 17.4. The minimum atomic E-state index is -0.185. The number of nitrogens with zero attached hydrogens (tertiary/aromatic N) is 4. The van der Waals surface area contributed by atoms with Gasteiger partial charge in [-0.2, -0.15) is 0 Å². The summed E-state index contributed by atoms with van der Waals surface area (Å²) in [6.07, 6.45) is 2.87. The number of aromatic nitrogens is 4. The van der Waals surface area contributed by atoms with Gasteiger partial charge < -0.3 is 9.47 Å². The Balaban J connectivity index is 1.53. The number of hydrogen-bond donors (Lipinski definition) is 0. The SMILES string of the molecule is Cc1ccc(-c2cc3c(n4cnnc24)CCc2c(F)ccc4c2[C@H](CO4)CO3)c(C)n1. The molecule has 1 atom stereocenters. The van der Waals surface area contributed by atoms with Gasteiger partial charge in [0, 0.05) is 28.1 Å². The van der Waals surface area contributed by atoms with Crippen LogP contribution in [0, 0.1) is 19.7 Å². The summed E-state index contributed by atoms with van der Waals surface area (Å²) in [6.45, 7) is 4.90. The molecule has 0 saturated heterocycles. The molecule has 0 aliphatic carbocycles. The molecule has 0 saturated carbocycles. The number of aryl methyl sites for hydroxylation is 3. The van der Waals surface area contributed by atoms with Crippen LogP contribution in [0.3, 0.4) is 0 Å². The van der Waals surface area contributed by atoms with Crippen molar-refractivity contribution in [1.29, 1.82) is 0 Å². The lowest BCUT2D eigenvalue weighted by Gasteiger charge is -2.17. The summed E-state index contributed by atoms with van der Waals surface area (Å²) in [5, 5.41) is 8.55. The minimum absolute atomic E-state index is 0.00878. The predicted octanol–water partition coefficient (Wildman–Crippen LogP) is 4.20. The van der Waals surface area contributed by atoms with Crippen LogP contribution < -0.4 is 9.47 Å². The Hall–Kier alpha value is -3.48. The summed E-state index contributed by atoms with van der Waals surface area (Å²) in [5.41, 5.74) is 7.18. The monoisotopic (exact) mass is 416 g/mol. The summed E-state index contributed by atoms with van der Waals surface area (Å²) < 4.78 is 28.9. The van der Waals surface area contributed by atoms with Crippen molar-refractivity contribution < 1.29 is 13.9 Å². The van der Waals surface area contributed by atoms with Gasteiger partial charge in [0.1, 0.15) is 23.6 Å². The van der Waals surface area contributed by atoms with Gasteiger partial charge in [-0.15, -0.1) is 10.2 Å². The van der Waals surface area contributed by atoms with Crippen LogP contribution >= 0.6 is 0 Å². The highest BCUT2D eigenvalue weighted by Crippen LogP contribution is 2.41. The first-order valence-electron chi connectivity index (χ1n) is 10.5. The predicted molar refractivity (Wildman–Crippen MR) is 113 cm³/mol. The van der Waals surface area contributed by atoms with Gasteiger partial charge in [-0.05, 0) is 56.5 Å². The normalized spacial score (nSPS) is 17.2. The highest BCUT2D eigenvalue weighted by molar-refractivity contribution is 5.80. The molecule has 2 aliphatic rings. The Labute approximate surface area is 178 Å². The van der Waals surface area contributed by atoms with Crippen molar-refractivity contribution >= 4 is 5.65 Å². The molecule has 6 nitrogen and oxygen atoms in total. The van der Waals surface area contributed by atoms with Gasteiger partial charge in [-0.25, -0.2) is 4.39 Å². The zero-order chi connectivity index (χ0) is 21.1. The summed E-state index contributed by atoms with van der Waals surface area (Å²) >= 11 is 0. The molecule has 31 heavy (non-hydrogen) atoms. The van der Waals surface area contributed by atoms with E-state index in [9.17, 15) is 4.39 Å². The van der Waals surface area contributed by atoms with Gasteiger partial charge >= 0.3 is 0 Å². The van der Waals surface area contributed by atoms with E-state index in [1.54, 1.807) is 12.4 Å². The molecular weight excluding hydrogens is 395 g/mol. The summed E-state index contributed by atoms with van der Waals surface area (Å²) in [6, 6.07) is 9.31. The Morgan fingerprint density at radius 3 is 2.68 bits per heavy atom. The number of benzene rings is 1. The minimum Gasteiger partial charge on any atom is -0.493 e. The van der Waals surface area contributed by atoms with Gasteiger partial charge in [0.25, 0.3) is 0 Å². The smallest absolute Gasteiger partial charge is 0.169 e. The maximum absolute atomic E-state index is 14.8. The molecule has 3 aromatic heterocycles. The Morgan fingerprint density at radius 1 is 1.00 bits per heavy atom. The van der Waals surface area contributed by atoms with Crippen molar-refractivity contribution in [2.45, 2.75) is 32.6 Å². The van der Waals surface area contributed by atoms with Crippen LogP contribution in [-0.2, 0) is 12.8 Å². The molecule has 0 unspecified atom stereocenters. The Bertz CT molecular complexity index is 1350. The van der Waals surface area contributed by atoms with Crippen LogP contribution in [0.15, 0.2) is 36.7 Å². The molecule has 2 aliphatic heterocycles. The molecule has 7 heteroatoms. The van der Waals surface area contributed by atoms with Crippen LogP contribution in [0.2, 0.25) is 0 Å². The quantitative estimate of drug-likeness (QED) is 0.465. The van der Waals surface area contributed by atoms with Crippen LogP contribution in [0.4, 0.5) is 4.39 Å². The van der Waals surface area contributed by atoms with E-state index in [1.807, 2.05) is 30.4 Å². The standard InChI is InChI=1S/C24H21FN4O2/c1-13-3-4-16(14(2)27-13)18-9-22-20(29-12-26-28-24(18)29)7-5-17-19(25)6-8-21-23(17)15(10-30-21)11-31-22/h3-4,6,8-9,12,15H,5,7,10-11H2,1-2H3/t15-/m1/s1. The molecule has 0 spiro atoms. The van der Waals surface area contributed by atoms with E-state index >= 15 is 0 Å². The van der Waals surface area contributed by atoms with Crippen LogP contribution in [0.25, 0.3) is 16.8 Å². The first-order valence-corrected chi connectivity index (χ1v) is 10.5. The summed E-state index contributed by atoms with van der Waals surface area (Å²) in [7, 11) is 0. The van der Waals surface area contributed by atoms with Crippen molar-refractivity contribution in [3.8, 4) is 22.6 Å². The fraction of sp³-hybridized carbons (Fsp3) is 0.292. The van der Waals surface area contributed by atoms with E-state index in [4.69, 9.17) is 9.47 Å². The van der Waals surface area contributed by atoms with Crippen molar-refractivity contribution in [3.63, 3.8) is 0 Å². The molecule has 4 aromatic rings. The third-order valence-electron chi connectivity index (χ3n) is 6.31. The topological polar surface area (TPSA) is 61.5 Å². The third-order valence-corrected chi connectivity index (χ3v) is 6.31.